The van der Waals surface area contributed by atoms with Crippen molar-refractivity contribution in [2.24, 2.45) is 0 Å². The van der Waals surface area contributed by atoms with Crippen molar-refractivity contribution >= 4 is 34.0 Å². The second kappa shape index (κ2) is 9.53. The molecule has 5 rings (SSSR count). The molecule has 2 heterocycles. The van der Waals surface area contributed by atoms with Gasteiger partial charge in [-0.2, -0.15) is 0 Å². The van der Waals surface area contributed by atoms with Crippen molar-refractivity contribution in [3.63, 3.8) is 0 Å². The molecule has 6 heteroatoms. The third kappa shape index (κ3) is 4.87. The Labute approximate surface area is 199 Å². The predicted octanol–water partition coefficient (Wildman–Crippen LogP) is 6.00. The van der Waals surface area contributed by atoms with E-state index in [9.17, 15) is 4.79 Å². The van der Waals surface area contributed by atoms with E-state index in [1.54, 1.807) is 0 Å². The number of ether oxygens (including phenoxy) is 1. The molecule has 1 aromatic heterocycles. The Bertz CT molecular complexity index is 1310. The largest absolute Gasteiger partial charge is 0.378 e. The fraction of sp³-hybridized carbons (Fsp3) is 0.214. The van der Waals surface area contributed by atoms with E-state index >= 15 is 0 Å². The maximum atomic E-state index is 12.7. The maximum Gasteiger partial charge on any atom is 0.323 e. The van der Waals surface area contributed by atoms with Crippen molar-refractivity contribution < 1.29 is 9.53 Å². The average molecular weight is 453 g/mol. The fourth-order valence-corrected chi connectivity index (χ4v) is 4.45. The average Bonchev–Trinajstić information content (AvgIpc) is 2.84. The van der Waals surface area contributed by atoms with Gasteiger partial charge >= 0.3 is 6.03 Å². The van der Waals surface area contributed by atoms with Crippen LogP contribution in [0.25, 0.3) is 22.2 Å². The zero-order valence-electron chi connectivity index (χ0n) is 19.5. The van der Waals surface area contributed by atoms with Gasteiger partial charge in [0.25, 0.3) is 0 Å². The number of hydrogen-bond donors (Lipinski definition) is 2. The van der Waals surface area contributed by atoms with E-state index in [1.807, 2.05) is 62.4 Å². The molecule has 4 aromatic rings. The predicted molar refractivity (Wildman–Crippen MR) is 139 cm³/mol. The number of aromatic nitrogens is 1. The smallest absolute Gasteiger partial charge is 0.323 e. The molecule has 34 heavy (non-hydrogen) atoms. The lowest BCUT2D eigenvalue weighted by Gasteiger charge is -2.30. The minimum absolute atomic E-state index is 0.272. The normalized spacial score (nSPS) is 13.6. The maximum absolute atomic E-state index is 12.7. The van der Waals surface area contributed by atoms with Gasteiger partial charge in [-0.25, -0.2) is 9.78 Å². The highest BCUT2D eigenvalue weighted by Gasteiger charge is 2.17. The molecule has 0 bridgehead atoms. The number of urea groups is 1. The zero-order chi connectivity index (χ0) is 23.5. The summed E-state index contributed by atoms with van der Waals surface area (Å²) in [6.07, 6.45) is 0. The van der Waals surface area contributed by atoms with E-state index < -0.39 is 0 Å². The Balaban J connectivity index is 1.48. The van der Waals surface area contributed by atoms with Crippen LogP contribution in [0, 0.1) is 13.8 Å². The van der Waals surface area contributed by atoms with Gasteiger partial charge in [-0.3, -0.25) is 0 Å². The van der Waals surface area contributed by atoms with Crippen LogP contribution >= 0.6 is 0 Å². The molecular formula is C28H28N4O2. The van der Waals surface area contributed by atoms with Crippen LogP contribution in [0.2, 0.25) is 0 Å². The summed E-state index contributed by atoms with van der Waals surface area (Å²) in [6.45, 7) is 7.06. The molecule has 6 nitrogen and oxygen atoms in total. The summed E-state index contributed by atoms with van der Waals surface area (Å²) in [5, 5.41) is 6.92. The molecule has 2 amide bonds. The van der Waals surface area contributed by atoms with Crippen LogP contribution in [0.5, 0.6) is 0 Å². The molecule has 0 aliphatic carbocycles. The molecule has 1 fully saturated rings. The van der Waals surface area contributed by atoms with Crippen LogP contribution in [0.3, 0.4) is 0 Å². The fourth-order valence-electron chi connectivity index (χ4n) is 4.45. The van der Waals surface area contributed by atoms with E-state index in [0.717, 1.165) is 63.4 Å². The first-order chi connectivity index (χ1) is 16.5. The third-order valence-electron chi connectivity index (χ3n) is 5.95. The first kappa shape index (κ1) is 21.9. The summed E-state index contributed by atoms with van der Waals surface area (Å²) >= 11 is 0. The molecule has 1 aliphatic rings. The summed E-state index contributed by atoms with van der Waals surface area (Å²) in [6, 6.07) is 23.9. The SMILES string of the molecule is Cc1cc(C)cc(NC(=O)Nc2ccc3nc(-c4ccccc4)cc(N4CCOCC4)c3c2)c1. The van der Waals surface area contributed by atoms with E-state index in [2.05, 4.69) is 39.8 Å². The third-order valence-corrected chi connectivity index (χ3v) is 5.95. The molecule has 1 saturated heterocycles. The van der Waals surface area contributed by atoms with Crippen molar-refractivity contribution in [1.29, 1.82) is 0 Å². The Morgan fingerprint density at radius 3 is 2.29 bits per heavy atom. The number of hydrogen-bond acceptors (Lipinski definition) is 4. The second-order valence-electron chi connectivity index (χ2n) is 8.68. The first-order valence-corrected chi connectivity index (χ1v) is 11.5. The van der Waals surface area contributed by atoms with E-state index in [1.165, 1.54) is 0 Å². The van der Waals surface area contributed by atoms with Crippen molar-refractivity contribution in [2.75, 3.05) is 41.8 Å². The topological polar surface area (TPSA) is 66.5 Å². The number of nitrogens with zero attached hydrogens (tertiary/aromatic N) is 2. The van der Waals surface area contributed by atoms with Gasteiger partial charge in [0.1, 0.15) is 0 Å². The van der Waals surface area contributed by atoms with Crippen LogP contribution in [0.4, 0.5) is 21.9 Å². The highest BCUT2D eigenvalue weighted by Crippen LogP contribution is 2.33. The highest BCUT2D eigenvalue weighted by atomic mass is 16.5. The molecule has 1 aliphatic heterocycles. The summed E-state index contributed by atoms with van der Waals surface area (Å²) in [5.74, 6) is 0. The zero-order valence-corrected chi connectivity index (χ0v) is 19.5. The second-order valence-corrected chi connectivity index (χ2v) is 8.68. The van der Waals surface area contributed by atoms with Gasteiger partial charge in [0.05, 0.1) is 24.4 Å². The van der Waals surface area contributed by atoms with Gasteiger partial charge in [0.2, 0.25) is 0 Å². The van der Waals surface area contributed by atoms with Crippen molar-refractivity contribution in [2.45, 2.75) is 13.8 Å². The van der Waals surface area contributed by atoms with Crippen LogP contribution in [0.1, 0.15) is 11.1 Å². The van der Waals surface area contributed by atoms with Gasteiger partial charge in [0, 0.05) is 41.1 Å². The van der Waals surface area contributed by atoms with Crippen molar-refractivity contribution in [3.8, 4) is 11.3 Å². The molecular weight excluding hydrogens is 424 g/mol. The molecule has 0 radical (unpaired) electrons. The minimum atomic E-state index is -0.272. The van der Waals surface area contributed by atoms with E-state index in [-0.39, 0.29) is 6.03 Å². The standard InChI is InChI=1S/C28H28N4O2/c1-19-14-20(2)16-23(15-19)30-28(33)29-22-8-9-25-24(17-22)27(32-10-12-34-13-11-32)18-26(31-25)21-6-4-3-5-7-21/h3-9,14-18H,10-13H2,1-2H3,(H2,29,30,33). The Hall–Kier alpha value is -3.90. The Kier molecular flexibility index (Phi) is 6.14. The number of pyridine rings is 1. The number of aryl methyl sites for hydroxylation is 2. The van der Waals surface area contributed by atoms with Gasteiger partial charge in [-0.1, -0.05) is 36.4 Å². The van der Waals surface area contributed by atoms with Gasteiger partial charge in [-0.05, 0) is 61.4 Å². The lowest BCUT2D eigenvalue weighted by Crippen LogP contribution is -2.36. The molecule has 0 spiro atoms. The molecule has 0 atom stereocenters. The monoisotopic (exact) mass is 452 g/mol. The van der Waals surface area contributed by atoms with E-state index in [0.29, 0.717) is 13.2 Å². The summed E-state index contributed by atoms with van der Waals surface area (Å²) in [7, 11) is 0. The number of morpholine rings is 1. The van der Waals surface area contributed by atoms with Gasteiger partial charge < -0.3 is 20.3 Å². The summed E-state index contributed by atoms with van der Waals surface area (Å²) in [5.41, 5.74) is 7.72. The van der Waals surface area contributed by atoms with Crippen molar-refractivity contribution in [1.82, 2.24) is 4.98 Å². The molecule has 0 unspecified atom stereocenters. The lowest BCUT2D eigenvalue weighted by molar-refractivity contribution is 0.123. The molecule has 0 saturated carbocycles. The molecule has 3 aromatic carbocycles. The van der Waals surface area contributed by atoms with Crippen LogP contribution in [-0.2, 0) is 4.74 Å². The van der Waals surface area contributed by atoms with Crippen LogP contribution < -0.4 is 15.5 Å². The first-order valence-electron chi connectivity index (χ1n) is 11.5. The molecule has 2 N–H and O–H groups in total. The number of carbonyl (C=O) groups excluding carboxylic acids is 1. The van der Waals surface area contributed by atoms with Gasteiger partial charge in [-0.15, -0.1) is 0 Å². The Morgan fingerprint density at radius 1 is 0.853 bits per heavy atom. The highest BCUT2D eigenvalue weighted by molar-refractivity contribution is 6.03. The molecule has 172 valence electrons. The van der Waals surface area contributed by atoms with E-state index in [4.69, 9.17) is 9.72 Å². The Morgan fingerprint density at radius 2 is 1.56 bits per heavy atom. The number of anilines is 3. The number of rotatable bonds is 4. The number of fused-ring (bicyclic) bond motifs is 1. The number of nitrogens with one attached hydrogen (secondary N) is 2. The summed E-state index contributed by atoms with van der Waals surface area (Å²) in [4.78, 5) is 20.0. The number of amides is 2. The minimum Gasteiger partial charge on any atom is -0.378 e. The van der Waals surface area contributed by atoms with Crippen molar-refractivity contribution in [3.05, 3.63) is 83.9 Å². The van der Waals surface area contributed by atoms with Crippen LogP contribution in [0.15, 0.2) is 72.8 Å². The van der Waals surface area contributed by atoms with Crippen LogP contribution in [-0.4, -0.2) is 37.3 Å². The summed E-state index contributed by atoms with van der Waals surface area (Å²) < 4.78 is 5.58. The van der Waals surface area contributed by atoms with Gasteiger partial charge in [0.15, 0.2) is 0 Å². The number of carbonyl (C=O) groups is 1. The number of benzene rings is 3. The lowest BCUT2D eigenvalue weighted by atomic mass is 10.1. The quantitative estimate of drug-likeness (QED) is 0.399.